The number of methoxy groups -OCH3 is 1. The molecular formula is C36H34BrN3O7S. The van der Waals surface area contributed by atoms with Crippen LogP contribution in [0.1, 0.15) is 56.0 Å². The molecule has 1 aliphatic heterocycles. The van der Waals surface area contributed by atoms with Crippen LogP contribution in [0.5, 0.6) is 23.0 Å². The van der Waals surface area contributed by atoms with E-state index in [2.05, 4.69) is 27.0 Å². The first-order chi connectivity index (χ1) is 23.2. The minimum atomic E-state index is -0.854. The van der Waals surface area contributed by atoms with E-state index in [1.165, 1.54) is 23.0 Å². The second kappa shape index (κ2) is 15.4. The summed E-state index contributed by atoms with van der Waals surface area (Å²) in [6.45, 7) is 8.38. The summed E-state index contributed by atoms with van der Waals surface area (Å²) >= 11 is 4.87. The van der Waals surface area contributed by atoms with Crippen molar-refractivity contribution in [2.75, 3.05) is 26.9 Å². The van der Waals surface area contributed by atoms with E-state index in [4.69, 9.17) is 23.7 Å². The van der Waals surface area contributed by atoms with E-state index >= 15 is 0 Å². The van der Waals surface area contributed by atoms with Crippen molar-refractivity contribution < 1.29 is 28.5 Å². The molecule has 248 valence electrons. The van der Waals surface area contributed by atoms with Crippen molar-refractivity contribution in [1.82, 2.24) is 4.57 Å². The summed E-state index contributed by atoms with van der Waals surface area (Å²) in [5.74, 6) is 1.42. The molecule has 0 spiro atoms. The minimum Gasteiger partial charge on any atom is -0.493 e. The number of thiazole rings is 1. The molecule has 2 heterocycles. The molecule has 10 nitrogen and oxygen atoms in total. The molecule has 0 saturated carbocycles. The highest BCUT2D eigenvalue weighted by molar-refractivity contribution is 9.10. The van der Waals surface area contributed by atoms with E-state index in [0.717, 1.165) is 5.56 Å². The van der Waals surface area contributed by atoms with Gasteiger partial charge in [-0.05, 0) is 75.2 Å². The third kappa shape index (κ3) is 7.02. The maximum Gasteiger partial charge on any atom is 0.338 e. The molecule has 0 amide bonds. The van der Waals surface area contributed by atoms with Gasteiger partial charge in [0.15, 0.2) is 27.8 Å². The Labute approximate surface area is 290 Å². The predicted molar refractivity (Wildman–Crippen MR) is 185 cm³/mol. The number of rotatable bonds is 12. The van der Waals surface area contributed by atoms with E-state index in [1.807, 2.05) is 38.1 Å². The molecule has 0 saturated heterocycles. The predicted octanol–water partition coefficient (Wildman–Crippen LogP) is 5.82. The molecule has 12 heteroatoms. The van der Waals surface area contributed by atoms with Crippen LogP contribution in [-0.4, -0.2) is 37.5 Å². The van der Waals surface area contributed by atoms with Crippen molar-refractivity contribution in [2.24, 2.45) is 4.99 Å². The third-order valence-electron chi connectivity index (χ3n) is 7.48. The fourth-order valence-corrected chi connectivity index (χ4v) is 6.92. The number of halogens is 1. The summed E-state index contributed by atoms with van der Waals surface area (Å²) in [7, 11) is 1.53. The topological polar surface area (TPSA) is 121 Å². The second-order valence-electron chi connectivity index (χ2n) is 10.5. The fraction of sp³-hybridized carbons (Fsp3) is 0.278. The van der Waals surface area contributed by atoms with Gasteiger partial charge in [-0.15, -0.1) is 0 Å². The Morgan fingerprint density at radius 1 is 1.00 bits per heavy atom. The van der Waals surface area contributed by atoms with E-state index in [-0.39, 0.29) is 24.3 Å². The molecule has 0 unspecified atom stereocenters. The molecular weight excluding hydrogens is 698 g/mol. The van der Waals surface area contributed by atoms with Gasteiger partial charge >= 0.3 is 5.97 Å². The maximum absolute atomic E-state index is 14.2. The summed E-state index contributed by atoms with van der Waals surface area (Å²) in [5, 5.41) is 9.44. The van der Waals surface area contributed by atoms with Crippen molar-refractivity contribution in [1.29, 1.82) is 5.26 Å². The highest BCUT2D eigenvalue weighted by Crippen LogP contribution is 2.41. The maximum atomic E-state index is 14.2. The lowest BCUT2D eigenvalue weighted by atomic mass is 9.95. The van der Waals surface area contributed by atoms with E-state index in [9.17, 15) is 14.9 Å². The van der Waals surface area contributed by atoms with Crippen LogP contribution in [0.25, 0.3) is 6.08 Å². The number of allylic oxidation sites excluding steroid dienone is 1. The van der Waals surface area contributed by atoms with Crippen molar-refractivity contribution in [2.45, 2.75) is 40.3 Å². The van der Waals surface area contributed by atoms with Gasteiger partial charge in [-0.1, -0.05) is 51.5 Å². The lowest BCUT2D eigenvalue weighted by Crippen LogP contribution is -2.40. The number of carbonyl (C=O) groups excluding carboxylic acids is 1. The quantitative estimate of drug-likeness (QED) is 0.167. The molecule has 3 aromatic carbocycles. The Morgan fingerprint density at radius 2 is 1.73 bits per heavy atom. The number of nitrogens with zero attached hydrogens (tertiary/aromatic N) is 3. The Bertz CT molecular complexity index is 2110. The number of carbonyl (C=O) groups is 1. The smallest absolute Gasteiger partial charge is 0.338 e. The summed E-state index contributed by atoms with van der Waals surface area (Å²) in [6, 6.07) is 17.5. The lowest BCUT2D eigenvalue weighted by Gasteiger charge is -2.26. The SMILES string of the molecule is CCOC(=O)C1=C(C)N=c2s/c(=C/c3ccc(OCc4ccccc4C#N)c(OCC)c3)c(=O)n2[C@@H]1c1cc(OC)c(OCC)cc1Br. The minimum absolute atomic E-state index is 0.160. The number of hydrogen-bond acceptors (Lipinski definition) is 10. The van der Waals surface area contributed by atoms with Crippen molar-refractivity contribution in [3.8, 4) is 29.1 Å². The number of esters is 1. The number of benzene rings is 3. The zero-order chi connectivity index (χ0) is 34.4. The summed E-state index contributed by atoms with van der Waals surface area (Å²) in [6.07, 6.45) is 1.76. The monoisotopic (exact) mass is 731 g/mol. The molecule has 0 aliphatic carbocycles. The average Bonchev–Trinajstić information content (AvgIpc) is 3.38. The number of hydrogen-bond donors (Lipinski definition) is 0. The Morgan fingerprint density at radius 3 is 2.42 bits per heavy atom. The molecule has 1 aliphatic rings. The summed E-state index contributed by atoms with van der Waals surface area (Å²) < 4.78 is 31.3. The van der Waals surface area contributed by atoms with E-state index in [1.54, 1.807) is 50.3 Å². The standard InChI is InChI=1S/C36H34BrN3O7S/c1-6-44-29-15-22(13-14-27(29)47-20-24-12-10-9-11-23(24)19-38)16-31-34(41)40-33(25-17-28(43-5)30(45-7-2)18-26(25)37)32(35(42)46-8-3)21(4)39-36(40)48-31/h9-18,33H,6-8,20H2,1-5H3/b31-16+/t33-/m1/s1. The molecule has 1 aromatic heterocycles. The van der Waals surface area contributed by atoms with Gasteiger partial charge in [0.2, 0.25) is 0 Å². The van der Waals surface area contributed by atoms with Crippen LogP contribution in [0.2, 0.25) is 0 Å². The normalized spacial score (nSPS) is 14.1. The highest BCUT2D eigenvalue weighted by atomic mass is 79.9. The first-order valence-corrected chi connectivity index (χ1v) is 16.9. The number of nitriles is 1. The van der Waals surface area contributed by atoms with Gasteiger partial charge in [0.05, 0.1) is 60.4 Å². The molecule has 48 heavy (non-hydrogen) atoms. The zero-order valence-electron chi connectivity index (χ0n) is 27.2. The van der Waals surface area contributed by atoms with Gasteiger partial charge in [-0.2, -0.15) is 5.26 Å². The first-order valence-electron chi connectivity index (χ1n) is 15.3. The number of aromatic nitrogens is 1. The van der Waals surface area contributed by atoms with Gasteiger partial charge in [0.1, 0.15) is 6.61 Å². The number of ether oxygens (including phenoxy) is 5. The number of fused-ring (bicyclic) bond motifs is 1. The average molecular weight is 733 g/mol. The van der Waals surface area contributed by atoms with Crippen LogP contribution in [0.4, 0.5) is 0 Å². The summed E-state index contributed by atoms with van der Waals surface area (Å²) in [5.41, 5.74) is 2.98. The molecule has 0 fully saturated rings. The van der Waals surface area contributed by atoms with E-state index in [0.29, 0.717) is 72.4 Å². The van der Waals surface area contributed by atoms with Crippen LogP contribution in [0.15, 0.2) is 80.1 Å². The van der Waals surface area contributed by atoms with E-state index < -0.39 is 12.0 Å². The molecule has 0 radical (unpaired) electrons. The van der Waals surface area contributed by atoms with Crippen LogP contribution in [0.3, 0.4) is 0 Å². The zero-order valence-corrected chi connectivity index (χ0v) is 29.6. The lowest BCUT2D eigenvalue weighted by molar-refractivity contribution is -0.139. The Balaban J connectivity index is 1.60. The molecule has 0 N–H and O–H groups in total. The van der Waals surface area contributed by atoms with Gasteiger partial charge < -0.3 is 23.7 Å². The van der Waals surface area contributed by atoms with Gasteiger partial charge in [-0.25, -0.2) is 9.79 Å². The van der Waals surface area contributed by atoms with Crippen LogP contribution >= 0.6 is 27.3 Å². The van der Waals surface area contributed by atoms with Crippen molar-refractivity contribution >= 4 is 39.3 Å². The second-order valence-corrected chi connectivity index (χ2v) is 12.3. The largest absolute Gasteiger partial charge is 0.493 e. The van der Waals surface area contributed by atoms with Crippen LogP contribution in [0, 0.1) is 11.3 Å². The van der Waals surface area contributed by atoms with Gasteiger partial charge in [0.25, 0.3) is 5.56 Å². The molecule has 1 atom stereocenters. The summed E-state index contributed by atoms with van der Waals surface area (Å²) in [4.78, 5) is 32.7. The van der Waals surface area contributed by atoms with Crippen LogP contribution < -0.4 is 33.8 Å². The van der Waals surface area contributed by atoms with Gasteiger partial charge in [-0.3, -0.25) is 9.36 Å². The molecule has 0 bridgehead atoms. The third-order valence-corrected chi connectivity index (χ3v) is 9.15. The molecule has 4 aromatic rings. The van der Waals surface area contributed by atoms with Crippen LogP contribution in [-0.2, 0) is 16.1 Å². The van der Waals surface area contributed by atoms with Gasteiger partial charge in [0, 0.05) is 10.0 Å². The highest BCUT2D eigenvalue weighted by Gasteiger charge is 2.35. The molecule has 5 rings (SSSR count). The first kappa shape index (κ1) is 34.5. The Kier molecular flexibility index (Phi) is 11.0. The fourth-order valence-electron chi connectivity index (χ4n) is 5.34. The van der Waals surface area contributed by atoms with Crippen molar-refractivity contribution in [3.05, 3.63) is 112 Å². The van der Waals surface area contributed by atoms with Crippen molar-refractivity contribution in [3.63, 3.8) is 0 Å². The Hall–Kier alpha value is -4.86.